The maximum absolute atomic E-state index is 14.0. The van der Waals surface area contributed by atoms with Crippen molar-refractivity contribution in [2.24, 2.45) is 0 Å². The Morgan fingerprint density at radius 3 is 2.10 bits per heavy atom. The van der Waals surface area contributed by atoms with Crippen LogP contribution in [0.3, 0.4) is 0 Å². The lowest BCUT2D eigenvalue weighted by molar-refractivity contribution is -0.141. The molecular formula is C29H33ClFN3O4S. The molecule has 1 N–H and O–H groups in total. The lowest BCUT2D eigenvalue weighted by Gasteiger charge is -2.35. The molecule has 1 atom stereocenters. The van der Waals surface area contributed by atoms with Gasteiger partial charge in [0.2, 0.25) is 11.8 Å². The van der Waals surface area contributed by atoms with Gasteiger partial charge in [0.05, 0.1) is 15.6 Å². The van der Waals surface area contributed by atoms with Crippen LogP contribution in [0.1, 0.15) is 39.7 Å². The normalized spacial score (nSPS) is 12.5. The molecule has 0 heterocycles. The van der Waals surface area contributed by atoms with E-state index in [1.807, 2.05) is 20.8 Å². The first-order valence-electron chi connectivity index (χ1n) is 12.5. The third-order valence-electron chi connectivity index (χ3n) is 5.88. The van der Waals surface area contributed by atoms with Crippen molar-refractivity contribution in [2.45, 2.75) is 57.1 Å². The van der Waals surface area contributed by atoms with Gasteiger partial charge in [-0.25, -0.2) is 12.8 Å². The number of hydrogen-bond acceptors (Lipinski definition) is 4. The van der Waals surface area contributed by atoms with Crippen molar-refractivity contribution in [3.8, 4) is 0 Å². The van der Waals surface area contributed by atoms with Crippen LogP contribution in [0.15, 0.2) is 83.8 Å². The number of nitrogens with one attached hydrogen (secondary N) is 1. The molecule has 39 heavy (non-hydrogen) atoms. The third-order valence-corrected chi connectivity index (χ3v) is 7.98. The van der Waals surface area contributed by atoms with Gasteiger partial charge in [-0.15, -0.1) is 0 Å². The summed E-state index contributed by atoms with van der Waals surface area (Å²) in [5.74, 6) is -1.43. The minimum Gasteiger partial charge on any atom is -0.350 e. The maximum Gasteiger partial charge on any atom is 0.264 e. The molecule has 0 aliphatic heterocycles. The first-order chi connectivity index (χ1) is 18.3. The van der Waals surface area contributed by atoms with Gasteiger partial charge in [0, 0.05) is 12.1 Å². The molecule has 0 radical (unpaired) electrons. The summed E-state index contributed by atoms with van der Waals surface area (Å²) < 4.78 is 42.1. The second-order valence-electron chi connectivity index (χ2n) is 10.1. The number of carbonyl (C=O) groups is 2. The second kappa shape index (κ2) is 12.6. The Hall–Kier alpha value is -3.43. The predicted molar refractivity (Wildman–Crippen MR) is 151 cm³/mol. The van der Waals surface area contributed by atoms with E-state index in [2.05, 4.69) is 5.32 Å². The van der Waals surface area contributed by atoms with E-state index in [0.29, 0.717) is 5.56 Å². The van der Waals surface area contributed by atoms with Crippen molar-refractivity contribution in [3.05, 3.63) is 95.3 Å². The molecule has 3 rings (SSSR count). The first kappa shape index (κ1) is 30.1. The van der Waals surface area contributed by atoms with Crippen LogP contribution in [-0.2, 0) is 26.2 Å². The van der Waals surface area contributed by atoms with Crippen LogP contribution in [0.4, 0.5) is 10.1 Å². The van der Waals surface area contributed by atoms with Crippen LogP contribution in [-0.4, -0.2) is 43.3 Å². The zero-order valence-corrected chi connectivity index (χ0v) is 24.0. The molecule has 208 valence electrons. The monoisotopic (exact) mass is 573 g/mol. The number of amides is 2. The summed E-state index contributed by atoms with van der Waals surface area (Å²) in [4.78, 5) is 28.6. The predicted octanol–water partition coefficient (Wildman–Crippen LogP) is 5.40. The highest BCUT2D eigenvalue weighted by molar-refractivity contribution is 7.92. The van der Waals surface area contributed by atoms with E-state index in [4.69, 9.17) is 11.6 Å². The Balaban J connectivity index is 2.07. The Labute approximate surface area is 234 Å². The van der Waals surface area contributed by atoms with Crippen LogP contribution < -0.4 is 9.62 Å². The van der Waals surface area contributed by atoms with Crippen molar-refractivity contribution in [3.63, 3.8) is 0 Å². The Morgan fingerprint density at radius 2 is 1.54 bits per heavy atom. The van der Waals surface area contributed by atoms with E-state index in [1.54, 1.807) is 37.3 Å². The standard InChI is InChI=1S/C29H33ClFN3O4S/c1-5-25(28(36)32-29(2,3)4)33(19-21-15-17-22(31)18-16-21)27(35)20-34(26-14-10-9-13-24(26)30)39(37,38)23-11-7-6-8-12-23/h6-18,25H,5,19-20H2,1-4H3,(H,32,36)/t25-/m0/s1. The van der Waals surface area contributed by atoms with Gasteiger partial charge in [0.15, 0.2) is 0 Å². The second-order valence-corrected chi connectivity index (χ2v) is 12.4. The van der Waals surface area contributed by atoms with Crippen LogP contribution in [0.2, 0.25) is 5.02 Å². The highest BCUT2D eigenvalue weighted by Gasteiger charge is 2.35. The molecule has 10 heteroatoms. The molecule has 3 aromatic carbocycles. The van der Waals surface area contributed by atoms with E-state index in [0.717, 1.165) is 4.31 Å². The van der Waals surface area contributed by atoms with Gasteiger partial charge in [-0.2, -0.15) is 0 Å². The van der Waals surface area contributed by atoms with Crippen LogP contribution in [0.25, 0.3) is 0 Å². The smallest absolute Gasteiger partial charge is 0.264 e. The van der Waals surface area contributed by atoms with Gasteiger partial charge < -0.3 is 10.2 Å². The van der Waals surface area contributed by atoms with Crippen LogP contribution >= 0.6 is 11.6 Å². The first-order valence-corrected chi connectivity index (χ1v) is 14.3. The minimum absolute atomic E-state index is 0.0136. The lowest BCUT2D eigenvalue weighted by atomic mass is 10.1. The Morgan fingerprint density at radius 1 is 0.949 bits per heavy atom. The summed E-state index contributed by atoms with van der Waals surface area (Å²) in [5, 5.41) is 3.05. The molecule has 0 bridgehead atoms. The van der Waals surface area contributed by atoms with Gasteiger partial charge in [0.25, 0.3) is 10.0 Å². The molecule has 0 aliphatic rings. The minimum atomic E-state index is -4.21. The number of sulfonamides is 1. The molecule has 3 aromatic rings. The number of anilines is 1. The molecule has 0 unspecified atom stereocenters. The number of halogens is 2. The van der Waals surface area contributed by atoms with E-state index in [-0.39, 0.29) is 34.5 Å². The third kappa shape index (κ3) is 7.80. The lowest BCUT2D eigenvalue weighted by Crippen LogP contribution is -2.55. The topological polar surface area (TPSA) is 86.8 Å². The van der Waals surface area contributed by atoms with Gasteiger partial charge in [0.1, 0.15) is 18.4 Å². The summed E-state index contributed by atoms with van der Waals surface area (Å²) in [7, 11) is -4.21. The number of para-hydroxylation sites is 1. The summed E-state index contributed by atoms with van der Waals surface area (Å²) in [6, 6.07) is 18.8. The number of nitrogens with zero attached hydrogens (tertiary/aromatic N) is 2. The van der Waals surface area contributed by atoms with Gasteiger partial charge in [-0.1, -0.05) is 61.0 Å². The Bertz CT molecular complexity index is 1390. The maximum atomic E-state index is 14.0. The number of benzene rings is 3. The van der Waals surface area contributed by atoms with Crippen molar-refractivity contribution in [1.82, 2.24) is 10.2 Å². The molecule has 0 saturated heterocycles. The molecule has 0 saturated carbocycles. The van der Waals surface area contributed by atoms with E-state index < -0.39 is 39.9 Å². The SMILES string of the molecule is CC[C@@H](C(=O)NC(C)(C)C)N(Cc1ccc(F)cc1)C(=O)CN(c1ccccc1Cl)S(=O)(=O)c1ccccc1. The highest BCUT2D eigenvalue weighted by atomic mass is 35.5. The average molecular weight is 574 g/mol. The Kier molecular flexibility index (Phi) is 9.74. The fourth-order valence-corrected chi connectivity index (χ4v) is 5.79. The zero-order chi connectivity index (χ0) is 28.8. The molecule has 0 aliphatic carbocycles. The fourth-order valence-electron chi connectivity index (χ4n) is 4.05. The van der Waals surface area contributed by atoms with E-state index in [1.165, 1.54) is 53.4 Å². The summed E-state index contributed by atoms with van der Waals surface area (Å²) in [6.45, 7) is 6.61. The van der Waals surface area contributed by atoms with Crippen molar-refractivity contribution < 1.29 is 22.4 Å². The zero-order valence-electron chi connectivity index (χ0n) is 22.4. The quantitative estimate of drug-likeness (QED) is 0.352. The average Bonchev–Trinajstić information content (AvgIpc) is 2.88. The number of rotatable bonds is 10. The molecular weight excluding hydrogens is 541 g/mol. The van der Waals surface area contributed by atoms with E-state index in [9.17, 15) is 22.4 Å². The summed E-state index contributed by atoms with van der Waals surface area (Å²) in [6.07, 6.45) is 0.270. The van der Waals surface area contributed by atoms with Gasteiger partial charge >= 0.3 is 0 Å². The molecule has 7 nitrogen and oxygen atoms in total. The molecule has 0 aromatic heterocycles. The molecule has 0 fully saturated rings. The molecule has 2 amide bonds. The largest absolute Gasteiger partial charge is 0.350 e. The molecule has 0 spiro atoms. The summed E-state index contributed by atoms with van der Waals surface area (Å²) >= 11 is 6.40. The fraction of sp³-hybridized carbons (Fsp3) is 0.310. The number of carbonyl (C=O) groups excluding carboxylic acids is 2. The van der Waals surface area contributed by atoms with Crippen LogP contribution in [0.5, 0.6) is 0 Å². The van der Waals surface area contributed by atoms with Gasteiger partial charge in [-0.05, 0) is 69.2 Å². The van der Waals surface area contributed by atoms with E-state index >= 15 is 0 Å². The van der Waals surface area contributed by atoms with Crippen LogP contribution in [0, 0.1) is 5.82 Å². The van der Waals surface area contributed by atoms with Gasteiger partial charge in [-0.3, -0.25) is 13.9 Å². The van der Waals surface area contributed by atoms with Crippen molar-refractivity contribution >= 4 is 39.1 Å². The number of hydrogen-bond donors (Lipinski definition) is 1. The highest BCUT2D eigenvalue weighted by Crippen LogP contribution is 2.30. The van der Waals surface area contributed by atoms with Crippen molar-refractivity contribution in [1.29, 1.82) is 0 Å². The summed E-state index contributed by atoms with van der Waals surface area (Å²) in [5.41, 5.74) is 0.155. The van der Waals surface area contributed by atoms with Crippen molar-refractivity contribution in [2.75, 3.05) is 10.8 Å².